The molecule has 0 aromatic carbocycles. The molecular formula is C17H29NO5. The summed E-state index contributed by atoms with van der Waals surface area (Å²) >= 11 is 0. The molecule has 0 radical (unpaired) electrons. The van der Waals surface area contributed by atoms with Gasteiger partial charge in [0.25, 0.3) is 0 Å². The first-order valence-corrected chi connectivity index (χ1v) is 8.36. The summed E-state index contributed by atoms with van der Waals surface area (Å²) in [5.74, 6) is -0.224. The zero-order valence-electron chi connectivity index (χ0n) is 14.6. The third-order valence-electron chi connectivity index (χ3n) is 3.73. The number of hydrogen-bond donors (Lipinski definition) is 1. The Morgan fingerprint density at radius 3 is 2.22 bits per heavy atom. The smallest absolute Gasteiger partial charge is 0.407 e. The molecule has 0 atom stereocenters. The quantitative estimate of drug-likeness (QED) is 0.599. The number of amides is 1. The van der Waals surface area contributed by atoms with Crippen molar-refractivity contribution in [3.63, 3.8) is 0 Å². The van der Waals surface area contributed by atoms with E-state index in [4.69, 9.17) is 9.47 Å². The molecule has 1 rings (SSSR count). The number of ketones is 1. The van der Waals surface area contributed by atoms with E-state index in [0.29, 0.717) is 13.0 Å². The number of nitrogens with one attached hydrogen (secondary N) is 1. The number of Topliss-reactive ketones (excluding diaryl/α,β-unsaturated/α-hetero) is 1. The molecule has 0 bridgehead atoms. The molecule has 1 N–H and O–H groups in total. The van der Waals surface area contributed by atoms with Crippen molar-refractivity contribution in [1.82, 2.24) is 5.32 Å². The molecule has 0 saturated heterocycles. The molecule has 1 aliphatic carbocycles. The Labute approximate surface area is 138 Å². The standard InChI is InChI=1S/C17H29NO5/c1-5-22-15(20)11-14(19)10-12-6-8-13(9-7-12)18-16(21)23-17(2,3)4/h12-13H,5-11H2,1-4H3,(H,18,21)/t12-,13-. The third-order valence-corrected chi connectivity index (χ3v) is 3.73. The summed E-state index contributed by atoms with van der Waals surface area (Å²) in [4.78, 5) is 34.8. The highest BCUT2D eigenvalue weighted by Crippen LogP contribution is 2.27. The molecule has 0 spiro atoms. The Morgan fingerprint density at radius 2 is 1.70 bits per heavy atom. The lowest BCUT2D eigenvalue weighted by atomic mass is 9.83. The van der Waals surface area contributed by atoms with Crippen LogP contribution in [0.2, 0.25) is 0 Å². The average molecular weight is 327 g/mol. The van der Waals surface area contributed by atoms with E-state index in [1.807, 2.05) is 20.8 Å². The molecule has 132 valence electrons. The average Bonchev–Trinajstić information content (AvgIpc) is 2.38. The van der Waals surface area contributed by atoms with Gasteiger partial charge in [-0.1, -0.05) is 0 Å². The summed E-state index contributed by atoms with van der Waals surface area (Å²) < 4.78 is 10.0. The molecule has 6 nitrogen and oxygen atoms in total. The van der Waals surface area contributed by atoms with Crippen molar-refractivity contribution in [3.05, 3.63) is 0 Å². The molecule has 23 heavy (non-hydrogen) atoms. The molecule has 1 fully saturated rings. The van der Waals surface area contributed by atoms with Crippen molar-refractivity contribution < 1.29 is 23.9 Å². The largest absolute Gasteiger partial charge is 0.466 e. The van der Waals surface area contributed by atoms with Crippen LogP contribution >= 0.6 is 0 Å². The topological polar surface area (TPSA) is 81.7 Å². The van der Waals surface area contributed by atoms with Crippen LogP contribution in [-0.4, -0.2) is 36.1 Å². The Bertz CT molecular complexity index is 419. The lowest BCUT2D eigenvalue weighted by Crippen LogP contribution is -2.41. The maximum Gasteiger partial charge on any atom is 0.407 e. The van der Waals surface area contributed by atoms with E-state index in [9.17, 15) is 14.4 Å². The molecule has 1 amide bonds. The van der Waals surface area contributed by atoms with E-state index in [1.54, 1.807) is 6.92 Å². The van der Waals surface area contributed by atoms with Crippen LogP contribution in [0.25, 0.3) is 0 Å². The van der Waals surface area contributed by atoms with E-state index in [1.165, 1.54) is 0 Å². The van der Waals surface area contributed by atoms with Crippen molar-refractivity contribution >= 4 is 17.8 Å². The summed E-state index contributed by atoms with van der Waals surface area (Å²) in [6, 6.07) is 0.0984. The highest BCUT2D eigenvalue weighted by Gasteiger charge is 2.26. The SMILES string of the molecule is CCOC(=O)CC(=O)C[C@H]1CC[C@H](NC(=O)OC(C)(C)C)CC1. The van der Waals surface area contributed by atoms with Gasteiger partial charge in [0.15, 0.2) is 0 Å². The highest BCUT2D eigenvalue weighted by atomic mass is 16.6. The minimum Gasteiger partial charge on any atom is -0.466 e. The lowest BCUT2D eigenvalue weighted by Gasteiger charge is -2.29. The fourth-order valence-corrected chi connectivity index (χ4v) is 2.75. The molecule has 0 heterocycles. The second-order valence-electron chi connectivity index (χ2n) is 7.09. The van der Waals surface area contributed by atoms with E-state index < -0.39 is 11.6 Å². The number of hydrogen-bond acceptors (Lipinski definition) is 5. The minimum atomic E-state index is -0.499. The monoisotopic (exact) mass is 327 g/mol. The van der Waals surface area contributed by atoms with Gasteiger partial charge in [0.1, 0.15) is 17.8 Å². The van der Waals surface area contributed by atoms with Gasteiger partial charge >= 0.3 is 12.1 Å². The molecular weight excluding hydrogens is 298 g/mol. The number of carbonyl (C=O) groups excluding carboxylic acids is 3. The van der Waals surface area contributed by atoms with Crippen LogP contribution in [0.1, 0.15) is 66.2 Å². The normalized spacial score (nSPS) is 21.4. The van der Waals surface area contributed by atoms with E-state index in [-0.39, 0.29) is 30.3 Å². The predicted octanol–water partition coefficient (Wildman–Crippen LogP) is 2.98. The Morgan fingerprint density at radius 1 is 1.09 bits per heavy atom. The first-order chi connectivity index (χ1) is 10.7. The van der Waals surface area contributed by atoms with Crippen LogP contribution < -0.4 is 5.32 Å². The number of esters is 1. The summed E-state index contributed by atoms with van der Waals surface area (Å²) in [7, 11) is 0. The molecule has 0 aromatic heterocycles. The maximum atomic E-state index is 11.8. The van der Waals surface area contributed by atoms with Crippen LogP contribution in [0.15, 0.2) is 0 Å². The lowest BCUT2D eigenvalue weighted by molar-refractivity contribution is -0.145. The van der Waals surface area contributed by atoms with Crippen molar-refractivity contribution in [2.45, 2.75) is 77.9 Å². The first-order valence-electron chi connectivity index (χ1n) is 8.36. The second kappa shape index (κ2) is 8.89. The van der Waals surface area contributed by atoms with Crippen molar-refractivity contribution in [1.29, 1.82) is 0 Å². The third kappa shape index (κ3) is 8.57. The first kappa shape index (κ1) is 19.5. The fraction of sp³-hybridized carbons (Fsp3) is 0.824. The Kier molecular flexibility index (Phi) is 7.52. The number of ether oxygens (including phenoxy) is 2. The van der Waals surface area contributed by atoms with Crippen LogP contribution in [0.5, 0.6) is 0 Å². The minimum absolute atomic E-state index is 0.0630. The number of alkyl carbamates (subject to hydrolysis) is 1. The second-order valence-corrected chi connectivity index (χ2v) is 7.09. The van der Waals surface area contributed by atoms with Gasteiger partial charge in [-0.15, -0.1) is 0 Å². The fourth-order valence-electron chi connectivity index (χ4n) is 2.75. The zero-order chi connectivity index (χ0) is 17.5. The van der Waals surface area contributed by atoms with Gasteiger partial charge in [-0.3, -0.25) is 9.59 Å². The molecule has 0 aliphatic heterocycles. The van der Waals surface area contributed by atoms with Crippen LogP contribution in [0.4, 0.5) is 4.79 Å². The summed E-state index contributed by atoms with van der Waals surface area (Å²) in [5, 5.41) is 2.88. The van der Waals surface area contributed by atoms with Crippen molar-refractivity contribution in [3.8, 4) is 0 Å². The Balaban J connectivity index is 2.26. The molecule has 1 saturated carbocycles. The maximum absolute atomic E-state index is 11.8. The summed E-state index contributed by atoms with van der Waals surface area (Å²) in [6.07, 6.45) is 3.29. The van der Waals surface area contributed by atoms with Gasteiger partial charge in [0.05, 0.1) is 6.61 Å². The van der Waals surface area contributed by atoms with Crippen LogP contribution in [0, 0.1) is 5.92 Å². The molecule has 1 aliphatic rings. The number of carbonyl (C=O) groups is 3. The molecule has 0 unspecified atom stereocenters. The Hall–Kier alpha value is -1.59. The summed E-state index contributed by atoms with van der Waals surface area (Å²) in [5.41, 5.74) is -0.499. The van der Waals surface area contributed by atoms with Gasteiger partial charge in [0, 0.05) is 12.5 Å². The van der Waals surface area contributed by atoms with Gasteiger partial charge in [-0.2, -0.15) is 0 Å². The molecule has 6 heteroatoms. The highest BCUT2D eigenvalue weighted by molar-refractivity contribution is 5.95. The van der Waals surface area contributed by atoms with Crippen molar-refractivity contribution in [2.75, 3.05) is 6.61 Å². The summed E-state index contributed by atoms with van der Waals surface area (Å²) in [6.45, 7) is 7.52. The van der Waals surface area contributed by atoms with E-state index >= 15 is 0 Å². The van der Waals surface area contributed by atoms with Gasteiger partial charge in [-0.05, 0) is 59.3 Å². The van der Waals surface area contributed by atoms with Crippen molar-refractivity contribution in [2.24, 2.45) is 5.92 Å². The van der Waals surface area contributed by atoms with Crippen LogP contribution in [0.3, 0.4) is 0 Å². The van der Waals surface area contributed by atoms with Gasteiger partial charge in [0.2, 0.25) is 0 Å². The zero-order valence-corrected chi connectivity index (χ0v) is 14.6. The number of rotatable bonds is 6. The van der Waals surface area contributed by atoms with Crippen LogP contribution in [-0.2, 0) is 19.1 Å². The van der Waals surface area contributed by atoms with Gasteiger partial charge in [-0.25, -0.2) is 4.79 Å². The van der Waals surface area contributed by atoms with E-state index in [0.717, 1.165) is 25.7 Å². The predicted molar refractivity (Wildman–Crippen MR) is 86.0 cm³/mol. The van der Waals surface area contributed by atoms with E-state index in [2.05, 4.69) is 5.32 Å². The molecule has 0 aromatic rings. The van der Waals surface area contributed by atoms with Gasteiger partial charge < -0.3 is 14.8 Å².